The second-order valence-electron chi connectivity index (χ2n) is 3.89. The van der Waals surface area contributed by atoms with Crippen LogP contribution in [0.5, 0.6) is 0 Å². The number of aromatic nitrogens is 2. The molecule has 7 nitrogen and oxygen atoms in total. The van der Waals surface area contributed by atoms with Crippen LogP contribution in [0.4, 0.5) is 0 Å². The summed E-state index contributed by atoms with van der Waals surface area (Å²) in [5.74, 6) is 0.654. The first kappa shape index (κ1) is 15.1. The number of nitrogens with one attached hydrogen (secondary N) is 1. The van der Waals surface area contributed by atoms with Gasteiger partial charge in [0.25, 0.3) is 10.0 Å². The van der Waals surface area contributed by atoms with Crippen LogP contribution in [0, 0.1) is 6.92 Å². The Morgan fingerprint density at radius 3 is 2.78 bits per heavy atom. The molecule has 1 rings (SSSR count). The smallest absolute Gasteiger partial charge is 0.259 e. The van der Waals surface area contributed by atoms with Crippen molar-refractivity contribution in [3.8, 4) is 0 Å². The predicted molar refractivity (Wildman–Crippen MR) is 67.6 cm³/mol. The lowest BCUT2D eigenvalue weighted by Gasteiger charge is -2.04. The Hall–Kier alpha value is -0.960. The van der Waals surface area contributed by atoms with E-state index in [9.17, 15) is 8.42 Å². The summed E-state index contributed by atoms with van der Waals surface area (Å²) in [6, 6.07) is 0. The SMILES string of the molecule is Cc1nc(S(=O)(=O)NCCCOCCN)cn1C. The maximum absolute atomic E-state index is 11.8. The Labute approximate surface area is 107 Å². The Balaban J connectivity index is 2.41. The van der Waals surface area contributed by atoms with Crippen molar-refractivity contribution < 1.29 is 13.2 Å². The van der Waals surface area contributed by atoms with Crippen LogP contribution in [-0.2, 0) is 21.8 Å². The highest BCUT2D eigenvalue weighted by atomic mass is 32.2. The van der Waals surface area contributed by atoms with Gasteiger partial charge in [-0.05, 0) is 13.3 Å². The molecule has 0 bridgehead atoms. The largest absolute Gasteiger partial charge is 0.380 e. The number of aryl methyl sites for hydroxylation is 2. The van der Waals surface area contributed by atoms with E-state index in [2.05, 4.69) is 9.71 Å². The number of hydrogen-bond acceptors (Lipinski definition) is 5. The lowest BCUT2D eigenvalue weighted by atomic mass is 10.5. The molecule has 0 aromatic carbocycles. The van der Waals surface area contributed by atoms with Crippen LogP contribution in [0.25, 0.3) is 0 Å². The zero-order valence-corrected chi connectivity index (χ0v) is 11.5. The second kappa shape index (κ2) is 6.83. The number of nitrogens with zero attached hydrogens (tertiary/aromatic N) is 2. The zero-order valence-electron chi connectivity index (χ0n) is 10.7. The van der Waals surface area contributed by atoms with Gasteiger partial charge in [0.2, 0.25) is 0 Å². The summed E-state index contributed by atoms with van der Waals surface area (Å²) in [7, 11) is -1.76. The first-order valence-electron chi connectivity index (χ1n) is 5.75. The number of imidazole rings is 1. The van der Waals surface area contributed by atoms with Gasteiger partial charge in [0.1, 0.15) is 5.82 Å². The van der Waals surface area contributed by atoms with Gasteiger partial charge in [-0.2, -0.15) is 0 Å². The fourth-order valence-corrected chi connectivity index (χ4v) is 2.41. The molecule has 0 radical (unpaired) electrons. The van der Waals surface area contributed by atoms with Crippen molar-refractivity contribution >= 4 is 10.0 Å². The minimum atomic E-state index is -3.52. The van der Waals surface area contributed by atoms with Crippen molar-refractivity contribution in [3.63, 3.8) is 0 Å². The van der Waals surface area contributed by atoms with E-state index < -0.39 is 10.0 Å². The van der Waals surface area contributed by atoms with Gasteiger partial charge in [0.15, 0.2) is 5.03 Å². The van der Waals surface area contributed by atoms with E-state index in [1.807, 2.05) is 0 Å². The molecule has 0 unspecified atom stereocenters. The molecule has 0 atom stereocenters. The molecule has 0 saturated heterocycles. The lowest BCUT2D eigenvalue weighted by molar-refractivity contribution is 0.140. The van der Waals surface area contributed by atoms with Crippen molar-refractivity contribution in [3.05, 3.63) is 12.0 Å². The van der Waals surface area contributed by atoms with E-state index in [-0.39, 0.29) is 5.03 Å². The average Bonchev–Trinajstić information content (AvgIpc) is 2.65. The molecule has 1 aromatic rings. The minimum absolute atomic E-state index is 0.0466. The second-order valence-corrected chi connectivity index (χ2v) is 5.60. The molecule has 18 heavy (non-hydrogen) atoms. The standard InChI is InChI=1S/C10H20N4O3S/c1-9-13-10(8-14(9)2)18(15,16)12-5-3-6-17-7-4-11/h8,12H,3-7,11H2,1-2H3. The minimum Gasteiger partial charge on any atom is -0.380 e. The molecule has 3 N–H and O–H groups in total. The molecule has 1 aromatic heterocycles. The van der Waals surface area contributed by atoms with Gasteiger partial charge in [-0.3, -0.25) is 0 Å². The molecule has 8 heteroatoms. The molecule has 0 aliphatic heterocycles. The Kier molecular flexibility index (Phi) is 5.73. The molecule has 0 spiro atoms. The van der Waals surface area contributed by atoms with Crippen molar-refractivity contribution in [1.29, 1.82) is 0 Å². The van der Waals surface area contributed by atoms with E-state index in [1.165, 1.54) is 6.20 Å². The summed E-state index contributed by atoms with van der Waals surface area (Å²) >= 11 is 0. The Morgan fingerprint density at radius 2 is 2.22 bits per heavy atom. The zero-order chi connectivity index (χ0) is 13.6. The first-order valence-corrected chi connectivity index (χ1v) is 7.23. The molecule has 0 amide bonds. The summed E-state index contributed by atoms with van der Waals surface area (Å²) < 4.78 is 33.0. The van der Waals surface area contributed by atoms with E-state index in [1.54, 1.807) is 18.5 Å². The van der Waals surface area contributed by atoms with Crippen LogP contribution in [0.3, 0.4) is 0 Å². The fourth-order valence-electron chi connectivity index (χ4n) is 1.30. The van der Waals surface area contributed by atoms with Gasteiger partial charge >= 0.3 is 0 Å². The molecule has 0 aliphatic carbocycles. The summed E-state index contributed by atoms with van der Waals surface area (Å²) in [5, 5.41) is 0.0466. The maximum atomic E-state index is 11.8. The first-order chi connectivity index (χ1) is 8.47. The van der Waals surface area contributed by atoms with Crippen LogP contribution in [0.2, 0.25) is 0 Å². The number of sulfonamides is 1. The summed E-state index contributed by atoms with van der Waals surface area (Å²) in [6.45, 7) is 3.52. The van der Waals surface area contributed by atoms with Crippen molar-refractivity contribution in [1.82, 2.24) is 14.3 Å². The van der Waals surface area contributed by atoms with Crippen molar-refractivity contribution in [2.24, 2.45) is 12.8 Å². The highest BCUT2D eigenvalue weighted by Gasteiger charge is 2.17. The van der Waals surface area contributed by atoms with Crippen molar-refractivity contribution in [2.45, 2.75) is 18.4 Å². The van der Waals surface area contributed by atoms with Crippen molar-refractivity contribution in [2.75, 3.05) is 26.3 Å². The molecular formula is C10H20N4O3S. The highest BCUT2D eigenvalue weighted by molar-refractivity contribution is 7.89. The van der Waals surface area contributed by atoms with E-state index >= 15 is 0 Å². The van der Waals surface area contributed by atoms with E-state index in [0.717, 1.165) is 0 Å². The quantitative estimate of drug-likeness (QED) is 0.616. The number of hydrogen-bond donors (Lipinski definition) is 2. The number of ether oxygens (including phenoxy) is 1. The number of rotatable bonds is 8. The number of nitrogens with two attached hydrogens (primary N) is 1. The lowest BCUT2D eigenvalue weighted by Crippen LogP contribution is -2.26. The van der Waals surface area contributed by atoms with Crippen LogP contribution in [0.1, 0.15) is 12.2 Å². The normalized spacial score (nSPS) is 11.9. The topological polar surface area (TPSA) is 99.2 Å². The predicted octanol–water partition coefficient (Wildman–Crippen LogP) is -0.628. The monoisotopic (exact) mass is 276 g/mol. The summed E-state index contributed by atoms with van der Waals surface area (Å²) in [6.07, 6.45) is 2.09. The molecule has 104 valence electrons. The third kappa shape index (κ3) is 4.37. The van der Waals surface area contributed by atoms with Crippen LogP contribution < -0.4 is 10.5 Å². The van der Waals surface area contributed by atoms with Crippen LogP contribution >= 0.6 is 0 Å². The fraction of sp³-hybridized carbons (Fsp3) is 0.700. The van der Waals surface area contributed by atoms with Gasteiger partial charge in [-0.25, -0.2) is 18.1 Å². The van der Waals surface area contributed by atoms with Crippen LogP contribution in [-0.4, -0.2) is 44.3 Å². The third-order valence-electron chi connectivity index (χ3n) is 2.38. The van der Waals surface area contributed by atoms with Gasteiger partial charge in [0.05, 0.1) is 6.61 Å². The highest BCUT2D eigenvalue weighted by Crippen LogP contribution is 2.07. The maximum Gasteiger partial charge on any atom is 0.259 e. The van der Waals surface area contributed by atoms with Gasteiger partial charge < -0.3 is 15.0 Å². The Morgan fingerprint density at radius 1 is 1.50 bits per heavy atom. The summed E-state index contributed by atoms with van der Waals surface area (Å²) in [4.78, 5) is 3.97. The third-order valence-corrected chi connectivity index (χ3v) is 3.71. The van der Waals surface area contributed by atoms with Gasteiger partial charge in [0, 0.05) is 32.9 Å². The van der Waals surface area contributed by atoms with E-state index in [4.69, 9.17) is 10.5 Å². The Bertz CT molecular complexity index is 450. The molecular weight excluding hydrogens is 256 g/mol. The van der Waals surface area contributed by atoms with Gasteiger partial charge in [-0.1, -0.05) is 0 Å². The molecule has 1 heterocycles. The molecule has 0 fully saturated rings. The molecule has 0 saturated carbocycles. The average molecular weight is 276 g/mol. The molecule has 0 aliphatic rings. The summed E-state index contributed by atoms with van der Waals surface area (Å²) in [5.41, 5.74) is 5.26. The van der Waals surface area contributed by atoms with Gasteiger partial charge in [-0.15, -0.1) is 0 Å². The van der Waals surface area contributed by atoms with E-state index in [0.29, 0.717) is 38.5 Å². The van der Waals surface area contributed by atoms with Crippen LogP contribution in [0.15, 0.2) is 11.2 Å².